The summed E-state index contributed by atoms with van der Waals surface area (Å²) in [6, 6.07) is 4.23. The zero-order valence-corrected chi connectivity index (χ0v) is 14.9. The van der Waals surface area contributed by atoms with Crippen LogP contribution in [0.4, 0.5) is 21.6 Å². The summed E-state index contributed by atoms with van der Waals surface area (Å²) >= 11 is 0. The number of aromatic nitrogens is 2. The smallest absolute Gasteiger partial charge is 0.295 e. The molecule has 26 heavy (non-hydrogen) atoms. The number of halogens is 1. The monoisotopic (exact) mass is 361 g/mol. The lowest BCUT2D eigenvalue weighted by molar-refractivity contribution is -0.384. The van der Waals surface area contributed by atoms with E-state index >= 15 is 0 Å². The van der Waals surface area contributed by atoms with Gasteiger partial charge in [-0.1, -0.05) is 0 Å². The average molecular weight is 361 g/mol. The second kappa shape index (κ2) is 7.11. The summed E-state index contributed by atoms with van der Waals surface area (Å²) < 4.78 is 18.8. The highest BCUT2D eigenvalue weighted by atomic mass is 19.1. The Labute approximate surface area is 150 Å². The van der Waals surface area contributed by atoms with E-state index < -0.39 is 10.7 Å². The highest BCUT2D eigenvalue weighted by molar-refractivity contribution is 5.67. The fourth-order valence-electron chi connectivity index (χ4n) is 3.12. The van der Waals surface area contributed by atoms with Gasteiger partial charge in [-0.3, -0.25) is 10.1 Å². The molecule has 0 N–H and O–H groups in total. The number of nitro benzene ring substituents is 1. The molecule has 0 saturated carbocycles. The van der Waals surface area contributed by atoms with Crippen LogP contribution in [0.1, 0.15) is 11.5 Å². The van der Waals surface area contributed by atoms with Crippen LogP contribution in [0, 0.1) is 29.8 Å². The molecule has 138 valence electrons. The molecule has 2 heterocycles. The minimum atomic E-state index is -0.742. The molecule has 1 saturated heterocycles. The predicted octanol–water partition coefficient (Wildman–Crippen LogP) is 2.48. The average Bonchev–Trinajstić information content (AvgIpc) is 2.60. The molecular weight excluding hydrogens is 341 g/mol. The van der Waals surface area contributed by atoms with Crippen molar-refractivity contribution < 1.29 is 14.1 Å². The fourth-order valence-corrected chi connectivity index (χ4v) is 3.12. The number of nitro groups is 1. The second-order valence-corrected chi connectivity index (χ2v) is 6.12. The molecule has 0 unspecified atom stereocenters. The number of nitrogens with zero attached hydrogens (tertiary/aromatic N) is 5. The molecule has 8 nitrogen and oxygen atoms in total. The molecule has 0 atom stereocenters. The summed E-state index contributed by atoms with van der Waals surface area (Å²) in [5.74, 6) is 0.811. The number of piperazine rings is 1. The van der Waals surface area contributed by atoms with Crippen LogP contribution in [0.5, 0.6) is 5.75 Å². The Hall–Kier alpha value is -2.97. The Morgan fingerprint density at radius 2 is 1.77 bits per heavy atom. The Bertz CT molecular complexity index is 817. The van der Waals surface area contributed by atoms with E-state index in [9.17, 15) is 14.5 Å². The van der Waals surface area contributed by atoms with Crippen LogP contribution in [-0.4, -0.2) is 48.2 Å². The summed E-state index contributed by atoms with van der Waals surface area (Å²) in [6.45, 7) is 6.17. The van der Waals surface area contributed by atoms with Crippen LogP contribution in [0.2, 0.25) is 0 Å². The summed E-state index contributed by atoms with van der Waals surface area (Å²) in [6.07, 6.45) is 0. The molecule has 1 fully saturated rings. The van der Waals surface area contributed by atoms with Crippen molar-refractivity contribution >= 4 is 17.2 Å². The highest BCUT2D eigenvalue weighted by Crippen LogP contribution is 2.35. The Balaban J connectivity index is 1.82. The van der Waals surface area contributed by atoms with E-state index in [1.807, 2.05) is 24.8 Å². The third kappa shape index (κ3) is 3.51. The van der Waals surface area contributed by atoms with E-state index in [1.165, 1.54) is 13.2 Å². The van der Waals surface area contributed by atoms with Gasteiger partial charge in [0.05, 0.1) is 18.1 Å². The lowest BCUT2D eigenvalue weighted by Gasteiger charge is -2.36. The largest absolute Gasteiger partial charge is 0.494 e. The number of aryl methyl sites for hydroxylation is 2. The van der Waals surface area contributed by atoms with Gasteiger partial charge in [0.25, 0.3) is 5.69 Å². The number of rotatable bonds is 4. The molecule has 3 rings (SSSR count). The SMILES string of the molecule is COc1cc(N2CCN(c3cc(C)nc(C)n3)CC2)c([N+](=O)[O-])cc1F. The van der Waals surface area contributed by atoms with Crippen molar-refractivity contribution in [3.05, 3.63) is 45.6 Å². The van der Waals surface area contributed by atoms with Crippen molar-refractivity contribution in [1.82, 2.24) is 9.97 Å². The van der Waals surface area contributed by atoms with Crippen molar-refractivity contribution in [3.63, 3.8) is 0 Å². The first kappa shape index (κ1) is 17.8. The molecular formula is C17H20FN5O3. The molecule has 9 heteroatoms. The van der Waals surface area contributed by atoms with Crippen molar-refractivity contribution in [2.24, 2.45) is 0 Å². The molecule has 0 spiro atoms. The molecule has 0 aliphatic carbocycles. The first-order valence-electron chi connectivity index (χ1n) is 8.23. The van der Waals surface area contributed by atoms with Gasteiger partial charge in [-0.15, -0.1) is 0 Å². The Morgan fingerprint density at radius 1 is 1.12 bits per heavy atom. The van der Waals surface area contributed by atoms with E-state index in [4.69, 9.17) is 4.74 Å². The van der Waals surface area contributed by atoms with Gasteiger partial charge in [0, 0.05) is 44.0 Å². The summed E-state index contributed by atoms with van der Waals surface area (Å²) in [4.78, 5) is 23.5. The van der Waals surface area contributed by atoms with Gasteiger partial charge in [-0.2, -0.15) is 0 Å². The Morgan fingerprint density at radius 3 is 2.35 bits per heavy atom. The predicted molar refractivity (Wildman–Crippen MR) is 95.5 cm³/mol. The van der Waals surface area contributed by atoms with Crippen molar-refractivity contribution in [3.8, 4) is 5.75 Å². The zero-order valence-electron chi connectivity index (χ0n) is 14.9. The van der Waals surface area contributed by atoms with Crippen LogP contribution >= 0.6 is 0 Å². The van der Waals surface area contributed by atoms with Gasteiger partial charge in [0.2, 0.25) is 0 Å². The van der Waals surface area contributed by atoms with Gasteiger partial charge in [-0.25, -0.2) is 14.4 Å². The quantitative estimate of drug-likeness (QED) is 0.611. The first-order valence-corrected chi connectivity index (χ1v) is 8.23. The molecule has 0 radical (unpaired) electrons. The van der Waals surface area contributed by atoms with Crippen LogP contribution in [0.3, 0.4) is 0 Å². The number of hydrogen-bond donors (Lipinski definition) is 0. The van der Waals surface area contributed by atoms with E-state index in [0.29, 0.717) is 37.7 Å². The van der Waals surface area contributed by atoms with Crippen LogP contribution in [-0.2, 0) is 0 Å². The van der Waals surface area contributed by atoms with E-state index in [1.54, 1.807) is 0 Å². The molecule has 2 aromatic rings. The topological polar surface area (TPSA) is 84.6 Å². The molecule has 1 aliphatic heterocycles. The van der Waals surface area contributed by atoms with Crippen molar-refractivity contribution in [1.29, 1.82) is 0 Å². The van der Waals surface area contributed by atoms with Crippen molar-refractivity contribution in [2.75, 3.05) is 43.1 Å². The number of anilines is 2. The third-order valence-corrected chi connectivity index (χ3v) is 4.34. The summed E-state index contributed by atoms with van der Waals surface area (Å²) in [5.41, 5.74) is 1.00. The maximum absolute atomic E-state index is 13.8. The van der Waals surface area contributed by atoms with E-state index in [2.05, 4.69) is 14.9 Å². The minimum Gasteiger partial charge on any atom is -0.494 e. The van der Waals surface area contributed by atoms with Crippen molar-refractivity contribution in [2.45, 2.75) is 13.8 Å². The van der Waals surface area contributed by atoms with Crippen LogP contribution in [0.25, 0.3) is 0 Å². The number of hydrogen-bond acceptors (Lipinski definition) is 7. The molecule has 1 aromatic heterocycles. The Kier molecular flexibility index (Phi) is 4.88. The first-order chi connectivity index (χ1) is 12.4. The van der Waals surface area contributed by atoms with Gasteiger partial charge in [0.1, 0.15) is 17.3 Å². The lowest BCUT2D eigenvalue weighted by Crippen LogP contribution is -2.47. The lowest BCUT2D eigenvalue weighted by atomic mass is 10.2. The third-order valence-electron chi connectivity index (χ3n) is 4.34. The number of benzene rings is 1. The van der Waals surface area contributed by atoms with Crippen LogP contribution < -0.4 is 14.5 Å². The molecule has 1 aliphatic rings. The van der Waals surface area contributed by atoms with Gasteiger partial charge < -0.3 is 14.5 Å². The standard InChI is InChI=1S/C17H20FN5O3/c1-11-8-17(20-12(2)19-11)22-6-4-21(5-7-22)14-10-16(26-3)13(18)9-15(14)23(24)25/h8-10H,4-7H2,1-3H3. The van der Waals surface area contributed by atoms with E-state index in [0.717, 1.165) is 17.6 Å². The number of ether oxygens (including phenoxy) is 1. The van der Waals surface area contributed by atoms with Crippen LogP contribution in [0.15, 0.2) is 18.2 Å². The molecule has 0 bridgehead atoms. The molecule has 1 aromatic carbocycles. The minimum absolute atomic E-state index is 0.00456. The summed E-state index contributed by atoms with van der Waals surface area (Å²) in [7, 11) is 1.34. The molecule has 0 amide bonds. The summed E-state index contributed by atoms with van der Waals surface area (Å²) in [5, 5.41) is 11.3. The highest BCUT2D eigenvalue weighted by Gasteiger charge is 2.27. The second-order valence-electron chi connectivity index (χ2n) is 6.12. The van der Waals surface area contributed by atoms with Gasteiger partial charge in [-0.05, 0) is 13.8 Å². The zero-order chi connectivity index (χ0) is 18.8. The fraction of sp³-hybridized carbons (Fsp3) is 0.412. The maximum Gasteiger partial charge on any atom is 0.295 e. The number of methoxy groups -OCH3 is 1. The van der Waals surface area contributed by atoms with E-state index in [-0.39, 0.29) is 11.4 Å². The normalized spacial score (nSPS) is 14.5. The van der Waals surface area contributed by atoms with Gasteiger partial charge >= 0.3 is 0 Å². The van der Waals surface area contributed by atoms with Gasteiger partial charge in [0.15, 0.2) is 11.6 Å². The maximum atomic E-state index is 13.8.